The second kappa shape index (κ2) is 9.31. The molecular formula is C13H28O2Sn. The molecule has 0 bridgehead atoms. The van der Waals surface area contributed by atoms with Crippen molar-refractivity contribution in [3.63, 3.8) is 0 Å². The van der Waals surface area contributed by atoms with Crippen LogP contribution in [-0.4, -0.2) is 31.0 Å². The van der Waals surface area contributed by atoms with Gasteiger partial charge in [-0.25, -0.2) is 0 Å². The molecule has 0 aliphatic heterocycles. The molecule has 16 heavy (non-hydrogen) atoms. The van der Waals surface area contributed by atoms with E-state index in [4.69, 9.17) is 4.74 Å². The molecule has 0 saturated heterocycles. The minimum absolute atomic E-state index is 0.121. The van der Waals surface area contributed by atoms with Gasteiger partial charge in [-0.05, 0) is 0 Å². The third-order valence-electron chi connectivity index (χ3n) is 3.28. The van der Waals surface area contributed by atoms with Crippen molar-refractivity contribution in [2.75, 3.05) is 6.61 Å². The third kappa shape index (κ3) is 6.77. The number of esters is 1. The molecule has 0 saturated carbocycles. The summed E-state index contributed by atoms with van der Waals surface area (Å²) in [5, 5.41) is 0. The molecule has 0 fully saturated rings. The summed E-state index contributed by atoms with van der Waals surface area (Å²) < 4.78 is 10.8. The van der Waals surface area contributed by atoms with E-state index in [0.29, 0.717) is 6.61 Å². The molecule has 0 heterocycles. The number of carbonyl (C=O) groups is 1. The Morgan fingerprint density at radius 1 is 0.938 bits per heavy atom. The Hall–Kier alpha value is 0.269. The Balaban J connectivity index is 4.28. The van der Waals surface area contributed by atoms with E-state index < -0.39 is 18.4 Å². The van der Waals surface area contributed by atoms with Gasteiger partial charge in [0.25, 0.3) is 0 Å². The quantitative estimate of drug-likeness (QED) is 0.466. The van der Waals surface area contributed by atoms with Crippen molar-refractivity contribution in [1.82, 2.24) is 0 Å². The summed E-state index contributed by atoms with van der Waals surface area (Å²) in [6, 6.07) is 0. The number of hydrogen-bond donors (Lipinski definition) is 0. The third-order valence-corrected chi connectivity index (χ3v) is 20.3. The van der Waals surface area contributed by atoms with Crippen LogP contribution in [0.15, 0.2) is 0 Å². The zero-order valence-electron chi connectivity index (χ0n) is 11.5. The fourth-order valence-electron chi connectivity index (χ4n) is 2.75. The molecule has 0 atom stereocenters. The van der Waals surface area contributed by atoms with Gasteiger partial charge in [0.2, 0.25) is 0 Å². The molecule has 3 heteroatoms. The zero-order valence-corrected chi connectivity index (χ0v) is 14.3. The molecule has 0 amide bonds. The van der Waals surface area contributed by atoms with Crippen molar-refractivity contribution in [2.45, 2.75) is 64.7 Å². The van der Waals surface area contributed by atoms with Gasteiger partial charge in [0.1, 0.15) is 0 Å². The Labute approximate surface area is 105 Å². The second-order valence-electron chi connectivity index (χ2n) is 4.84. The Kier molecular flexibility index (Phi) is 9.47. The molecule has 0 spiro atoms. The van der Waals surface area contributed by atoms with E-state index in [1.807, 2.05) is 0 Å². The average Bonchev–Trinajstić information content (AvgIpc) is 2.18. The van der Waals surface area contributed by atoms with Gasteiger partial charge in [-0.3, -0.25) is 0 Å². The van der Waals surface area contributed by atoms with E-state index in [9.17, 15) is 4.79 Å². The molecule has 0 unspecified atom stereocenters. The van der Waals surface area contributed by atoms with Crippen molar-refractivity contribution < 1.29 is 9.53 Å². The SMILES string of the molecule is CC[CH2][Sn]([CH2]CC)([CH2]CC)[CH2]COC(C)=O. The maximum absolute atomic E-state index is 10.8. The molecule has 2 nitrogen and oxygen atoms in total. The Bertz CT molecular complexity index is 175. The molecular weight excluding hydrogens is 307 g/mol. The molecule has 0 aromatic rings. The van der Waals surface area contributed by atoms with Gasteiger partial charge in [0.05, 0.1) is 0 Å². The van der Waals surface area contributed by atoms with Gasteiger partial charge < -0.3 is 0 Å². The molecule has 0 aliphatic rings. The van der Waals surface area contributed by atoms with Crippen molar-refractivity contribution in [3.8, 4) is 0 Å². The van der Waals surface area contributed by atoms with Crippen LogP contribution >= 0.6 is 0 Å². The normalized spacial score (nSPS) is 11.5. The van der Waals surface area contributed by atoms with Gasteiger partial charge in [-0.2, -0.15) is 0 Å². The van der Waals surface area contributed by atoms with Gasteiger partial charge in [0, 0.05) is 0 Å². The number of rotatable bonds is 9. The van der Waals surface area contributed by atoms with Crippen molar-refractivity contribution in [3.05, 3.63) is 0 Å². The van der Waals surface area contributed by atoms with E-state index >= 15 is 0 Å². The van der Waals surface area contributed by atoms with Crippen LogP contribution in [-0.2, 0) is 9.53 Å². The summed E-state index contributed by atoms with van der Waals surface area (Å²) >= 11 is -1.93. The first-order chi connectivity index (χ1) is 7.60. The summed E-state index contributed by atoms with van der Waals surface area (Å²) in [6.45, 7) is 9.08. The first kappa shape index (κ1) is 16.3. The fraction of sp³-hybridized carbons (Fsp3) is 0.923. The Morgan fingerprint density at radius 2 is 1.38 bits per heavy atom. The zero-order chi connectivity index (χ0) is 12.4. The average molecular weight is 335 g/mol. The number of ether oxygens (including phenoxy) is 1. The number of carbonyl (C=O) groups excluding carboxylic acids is 1. The molecule has 0 aliphatic carbocycles. The topological polar surface area (TPSA) is 26.3 Å². The number of hydrogen-bond acceptors (Lipinski definition) is 2. The monoisotopic (exact) mass is 336 g/mol. The van der Waals surface area contributed by atoms with Crippen molar-refractivity contribution in [1.29, 1.82) is 0 Å². The molecule has 0 radical (unpaired) electrons. The predicted molar refractivity (Wildman–Crippen MR) is 72.5 cm³/mol. The minimum atomic E-state index is -1.93. The van der Waals surface area contributed by atoms with Crippen LogP contribution in [0.1, 0.15) is 47.0 Å². The van der Waals surface area contributed by atoms with E-state index in [0.717, 1.165) is 0 Å². The summed E-state index contributed by atoms with van der Waals surface area (Å²) in [5.74, 6) is -0.121. The van der Waals surface area contributed by atoms with Crippen LogP contribution in [0.3, 0.4) is 0 Å². The van der Waals surface area contributed by atoms with E-state index in [1.165, 1.54) is 43.9 Å². The van der Waals surface area contributed by atoms with E-state index in [-0.39, 0.29) is 5.97 Å². The predicted octanol–water partition coefficient (Wildman–Crippen LogP) is 4.23. The van der Waals surface area contributed by atoms with E-state index in [1.54, 1.807) is 0 Å². The van der Waals surface area contributed by atoms with Crippen LogP contribution in [0.2, 0.25) is 17.7 Å². The molecule has 96 valence electrons. The van der Waals surface area contributed by atoms with Gasteiger partial charge in [-0.1, -0.05) is 0 Å². The van der Waals surface area contributed by atoms with E-state index in [2.05, 4.69) is 20.8 Å². The van der Waals surface area contributed by atoms with Crippen molar-refractivity contribution in [2.24, 2.45) is 0 Å². The van der Waals surface area contributed by atoms with Gasteiger partial charge >= 0.3 is 105 Å². The van der Waals surface area contributed by atoms with Crippen LogP contribution in [0.4, 0.5) is 0 Å². The summed E-state index contributed by atoms with van der Waals surface area (Å²) in [7, 11) is 0. The summed E-state index contributed by atoms with van der Waals surface area (Å²) in [6.07, 6.45) is 3.95. The maximum atomic E-state index is 10.8. The van der Waals surface area contributed by atoms with Crippen LogP contribution in [0, 0.1) is 0 Å². The summed E-state index contributed by atoms with van der Waals surface area (Å²) in [5.41, 5.74) is 0. The van der Waals surface area contributed by atoms with Crippen LogP contribution in [0.25, 0.3) is 0 Å². The first-order valence-electron chi connectivity index (χ1n) is 6.73. The Morgan fingerprint density at radius 3 is 1.69 bits per heavy atom. The van der Waals surface area contributed by atoms with Gasteiger partial charge in [0.15, 0.2) is 0 Å². The standard InChI is InChI=1S/C4H7O2.3C3H7.Sn/c1-3-6-4(2)5;3*1-3-2;/h1,3H2,2H3;3*1,3H2,2H3;. The summed E-state index contributed by atoms with van der Waals surface area (Å²) in [4.78, 5) is 10.8. The molecule has 0 rings (SSSR count). The van der Waals surface area contributed by atoms with Crippen LogP contribution < -0.4 is 0 Å². The van der Waals surface area contributed by atoms with Gasteiger partial charge in [-0.15, -0.1) is 0 Å². The van der Waals surface area contributed by atoms with Crippen molar-refractivity contribution >= 4 is 24.3 Å². The molecule has 0 aromatic carbocycles. The van der Waals surface area contributed by atoms with Crippen LogP contribution in [0.5, 0.6) is 0 Å². The fourth-order valence-corrected chi connectivity index (χ4v) is 17.6. The second-order valence-corrected chi connectivity index (χ2v) is 19.1. The molecule has 0 N–H and O–H groups in total. The molecule has 0 aromatic heterocycles. The first-order valence-corrected chi connectivity index (χ1v) is 14.8.